The van der Waals surface area contributed by atoms with Crippen molar-refractivity contribution >= 4 is 28.9 Å². The highest BCUT2D eigenvalue weighted by Crippen LogP contribution is 2.23. The van der Waals surface area contributed by atoms with Crippen molar-refractivity contribution < 1.29 is 4.79 Å². The number of anilines is 3. The Bertz CT molecular complexity index is 1210. The van der Waals surface area contributed by atoms with Crippen LogP contribution in [0.1, 0.15) is 15.9 Å². The summed E-state index contributed by atoms with van der Waals surface area (Å²) in [5, 5.41) is 3.02. The average molecular weight is 412 g/mol. The predicted molar refractivity (Wildman–Crippen MR) is 123 cm³/mol. The molecule has 1 aliphatic rings. The van der Waals surface area contributed by atoms with Crippen LogP contribution in [-0.2, 0) is 0 Å². The number of para-hydroxylation sites is 1. The van der Waals surface area contributed by atoms with Gasteiger partial charge in [-0.2, -0.15) is 0 Å². The first-order chi connectivity index (χ1) is 15.2. The molecule has 5 rings (SSSR count). The Labute approximate surface area is 181 Å². The van der Waals surface area contributed by atoms with Gasteiger partial charge < -0.3 is 19.5 Å². The number of piperazine rings is 1. The summed E-state index contributed by atoms with van der Waals surface area (Å²) in [5.41, 5.74) is 3.57. The molecule has 0 unspecified atom stereocenters. The summed E-state index contributed by atoms with van der Waals surface area (Å²) >= 11 is 0. The Morgan fingerprint density at radius 1 is 0.871 bits per heavy atom. The van der Waals surface area contributed by atoms with E-state index in [1.807, 2.05) is 55.6 Å². The maximum atomic E-state index is 12.9. The Morgan fingerprint density at radius 3 is 2.35 bits per heavy atom. The first kappa shape index (κ1) is 19.1. The summed E-state index contributed by atoms with van der Waals surface area (Å²) in [7, 11) is 0. The van der Waals surface area contributed by atoms with E-state index in [0.29, 0.717) is 5.56 Å². The van der Waals surface area contributed by atoms with E-state index in [0.717, 1.165) is 54.7 Å². The lowest BCUT2D eigenvalue weighted by Crippen LogP contribution is -2.47. The van der Waals surface area contributed by atoms with Gasteiger partial charge in [-0.05, 0) is 48.9 Å². The fourth-order valence-corrected chi connectivity index (χ4v) is 3.98. The first-order valence-electron chi connectivity index (χ1n) is 10.4. The van der Waals surface area contributed by atoms with Gasteiger partial charge in [0.15, 0.2) is 0 Å². The monoisotopic (exact) mass is 412 g/mol. The molecular formula is C24H24N6O. The molecule has 31 heavy (non-hydrogen) atoms. The maximum absolute atomic E-state index is 12.9. The molecule has 7 nitrogen and oxygen atoms in total. The van der Waals surface area contributed by atoms with Gasteiger partial charge in [-0.3, -0.25) is 4.79 Å². The highest BCUT2D eigenvalue weighted by molar-refractivity contribution is 6.04. The Morgan fingerprint density at radius 2 is 1.58 bits per heavy atom. The molecule has 1 saturated heterocycles. The van der Waals surface area contributed by atoms with Crippen LogP contribution in [0.2, 0.25) is 0 Å². The van der Waals surface area contributed by atoms with Gasteiger partial charge >= 0.3 is 0 Å². The minimum Gasteiger partial charge on any atom is -0.354 e. The van der Waals surface area contributed by atoms with Gasteiger partial charge in [0.2, 0.25) is 5.95 Å². The number of fused-ring (bicyclic) bond motifs is 1. The van der Waals surface area contributed by atoms with Gasteiger partial charge in [0.1, 0.15) is 5.82 Å². The Balaban J connectivity index is 1.35. The molecule has 0 saturated carbocycles. The normalized spacial score (nSPS) is 14.1. The van der Waals surface area contributed by atoms with Gasteiger partial charge in [0.25, 0.3) is 5.91 Å². The largest absolute Gasteiger partial charge is 0.354 e. The molecule has 4 heterocycles. The topological polar surface area (TPSA) is 65.8 Å². The fraction of sp³-hybridized carbons (Fsp3) is 0.208. The molecule has 1 aliphatic heterocycles. The maximum Gasteiger partial charge on any atom is 0.257 e. The number of rotatable bonds is 4. The number of nitrogens with one attached hydrogen (secondary N) is 1. The summed E-state index contributed by atoms with van der Waals surface area (Å²) in [4.78, 5) is 26.1. The van der Waals surface area contributed by atoms with E-state index >= 15 is 0 Å². The predicted octanol–water partition coefficient (Wildman–Crippen LogP) is 3.62. The average Bonchev–Trinajstić information content (AvgIpc) is 3.24. The van der Waals surface area contributed by atoms with E-state index in [1.165, 1.54) is 0 Å². The van der Waals surface area contributed by atoms with Crippen molar-refractivity contribution in [3.63, 3.8) is 0 Å². The minimum absolute atomic E-state index is 0.109. The van der Waals surface area contributed by atoms with E-state index in [2.05, 4.69) is 41.6 Å². The van der Waals surface area contributed by atoms with Gasteiger partial charge in [-0.25, -0.2) is 9.97 Å². The van der Waals surface area contributed by atoms with Crippen LogP contribution in [0.25, 0.3) is 5.52 Å². The lowest BCUT2D eigenvalue weighted by atomic mass is 10.2. The highest BCUT2D eigenvalue weighted by Gasteiger charge is 2.21. The van der Waals surface area contributed by atoms with Crippen LogP contribution in [0.4, 0.5) is 17.5 Å². The zero-order valence-corrected chi connectivity index (χ0v) is 17.4. The molecule has 3 aromatic heterocycles. The SMILES string of the molecule is Cc1ccccc1NC(=O)c1ccc2ccc(N3CCN(c4ncccn4)CC3)n2c1. The second-order valence-corrected chi connectivity index (χ2v) is 7.70. The van der Waals surface area contributed by atoms with E-state index in [4.69, 9.17) is 0 Å². The van der Waals surface area contributed by atoms with Crippen LogP contribution in [0, 0.1) is 6.92 Å². The van der Waals surface area contributed by atoms with E-state index < -0.39 is 0 Å². The smallest absolute Gasteiger partial charge is 0.257 e. The van der Waals surface area contributed by atoms with Crippen LogP contribution in [-0.4, -0.2) is 46.5 Å². The van der Waals surface area contributed by atoms with E-state index in [-0.39, 0.29) is 5.91 Å². The van der Waals surface area contributed by atoms with Crippen molar-refractivity contribution in [2.24, 2.45) is 0 Å². The molecule has 0 bridgehead atoms. The quantitative estimate of drug-likeness (QED) is 0.555. The lowest BCUT2D eigenvalue weighted by molar-refractivity contribution is 0.102. The number of nitrogens with zero attached hydrogens (tertiary/aromatic N) is 5. The van der Waals surface area contributed by atoms with Gasteiger partial charge in [0.05, 0.1) is 5.56 Å². The van der Waals surface area contributed by atoms with Crippen LogP contribution in [0.3, 0.4) is 0 Å². The number of hydrogen-bond acceptors (Lipinski definition) is 5. The highest BCUT2D eigenvalue weighted by atomic mass is 16.1. The second-order valence-electron chi connectivity index (χ2n) is 7.70. The second kappa shape index (κ2) is 8.10. The molecule has 4 aromatic rings. The number of carbonyl (C=O) groups is 1. The summed E-state index contributed by atoms with van der Waals surface area (Å²) in [6, 6.07) is 17.7. The number of benzene rings is 1. The van der Waals surface area contributed by atoms with Crippen molar-refractivity contribution in [1.82, 2.24) is 14.4 Å². The van der Waals surface area contributed by atoms with E-state index in [1.54, 1.807) is 12.4 Å². The number of aromatic nitrogens is 3. The van der Waals surface area contributed by atoms with Gasteiger partial charge in [-0.15, -0.1) is 0 Å². The summed E-state index contributed by atoms with van der Waals surface area (Å²) in [6.07, 6.45) is 5.47. The Kier molecular flexibility index (Phi) is 5.00. The van der Waals surface area contributed by atoms with Crippen molar-refractivity contribution in [3.8, 4) is 0 Å². The molecule has 7 heteroatoms. The molecule has 1 N–H and O–H groups in total. The summed E-state index contributed by atoms with van der Waals surface area (Å²) < 4.78 is 2.10. The molecule has 0 atom stereocenters. The first-order valence-corrected chi connectivity index (χ1v) is 10.4. The van der Waals surface area contributed by atoms with E-state index in [9.17, 15) is 4.79 Å². The Hall–Kier alpha value is -3.87. The molecule has 156 valence electrons. The molecule has 0 aliphatic carbocycles. The number of aryl methyl sites for hydroxylation is 1. The molecule has 1 aromatic carbocycles. The summed E-state index contributed by atoms with van der Waals surface area (Å²) in [5.74, 6) is 1.76. The van der Waals surface area contributed by atoms with Crippen LogP contribution in [0.5, 0.6) is 0 Å². The third-order valence-electron chi connectivity index (χ3n) is 5.72. The third-order valence-corrected chi connectivity index (χ3v) is 5.72. The van der Waals surface area contributed by atoms with Gasteiger partial charge in [0, 0.05) is 56.0 Å². The summed E-state index contributed by atoms with van der Waals surface area (Å²) in [6.45, 7) is 5.42. The molecule has 0 radical (unpaired) electrons. The molecule has 1 fully saturated rings. The third kappa shape index (κ3) is 3.82. The fourth-order valence-electron chi connectivity index (χ4n) is 3.98. The lowest BCUT2D eigenvalue weighted by Gasteiger charge is -2.35. The van der Waals surface area contributed by atoms with Crippen molar-refractivity contribution in [1.29, 1.82) is 0 Å². The number of carbonyl (C=O) groups excluding carboxylic acids is 1. The number of hydrogen-bond donors (Lipinski definition) is 1. The molecular weight excluding hydrogens is 388 g/mol. The zero-order chi connectivity index (χ0) is 21.2. The van der Waals surface area contributed by atoms with Crippen molar-refractivity contribution in [2.45, 2.75) is 6.92 Å². The molecule has 0 spiro atoms. The zero-order valence-electron chi connectivity index (χ0n) is 17.4. The van der Waals surface area contributed by atoms with Crippen LogP contribution < -0.4 is 15.1 Å². The van der Waals surface area contributed by atoms with Gasteiger partial charge in [-0.1, -0.05) is 18.2 Å². The van der Waals surface area contributed by atoms with Crippen LogP contribution in [0.15, 0.2) is 73.2 Å². The van der Waals surface area contributed by atoms with Crippen molar-refractivity contribution in [2.75, 3.05) is 41.3 Å². The molecule has 1 amide bonds. The standard InChI is InChI=1S/C24H24N6O/c1-18-5-2-3-6-21(18)27-23(31)19-7-8-20-9-10-22(30(20)17-19)28-13-15-29(16-14-28)24-25-11-4-12-26-24/h2-12,17H,13-16H2,1H3,(H,27,31). The number of amides is 1. The van der Waals surface area contributed by atoms with Crippen LogP contribution >= 0.6 is 0 Å². The minimum atomic E-state index is -0.109. The number of pyridine rings is 1. The van der Waals surface area contributed by atoms with Crippen molar-refractivity contribution in [3.05, 3.63) is 84.3 Å².